The van der Waals surface area contributed by atoms with Crippen LogP contribution in [0.5, 0.6) is 0 Å². The highest BCUT2D eigenvalue weighted by atomic mass is 32.1. The maximum atomic E-state index is 11.3. The van der Waals surface area contributed by atoms with Gasteiger partial charge < -0.3 is 10.0 Å². The predicted octanol–water partition coefficient (Wildman–Crippen LogP) is 0.288. The smallest absolute Gasteiger partial charge is 0.224 e. The first-order valence-electron chi connectivity index (χ1n) is 4.27. The quantitative estimate of drug-likeness (QED) is 0.626. The van der Waals surface area contributed by atoms with Crippen LogP contribution in [0, 0.1) is 0 Å². The SMILES string of the molecule is CCC(CO)N1CC(S)CC1=O. The maximum Gasteiger partial charge on any atom is 0.224 e. The topological polar surface area (TPSA) is 40.5 Å². The molecule has 1 aliphatic rings. The first-order chi connectivity index (χ1) is 5.69. The van der Waals surface area contributed by atoms with Gasteiger partial charge in [0.25, 0.3) is 0 Å². The fourth-order valence-corrected chi connectivity index (χ4v) is 1.85. The Morgan fingerprint density at radius 3 is 2.83 bits per heavy atom. The van der Waals surface area contributed by atoms with Crippen LogP contribution in [-0.2, 0) is 4.79 Å². The lowest BCUT2D eigenvalue weighted by molar-refractivity contribution is -0.130. The molecule has 0 saturated carbocycles. The van der Waals surface area contributed by atoms with Gasteiger partial charge in [0.2, 0.25) is 5.91 Å². The summed E-state index contributed by atoms with van der Waals surface area (Å²) in [5.41, 5.74) is 0. The third kappa shape index (κ3) is 1.93. The van der Waals surface area contributed by atoms with E-state index in [0.717, 1.165) is 6.42 Å². The Labute approximate surface area is 78.2 Å². The number of aliphatic hydroxyl groups is 1. The van der Waals surface area contributed by atoms with E-state index in [-0.39, 0.29) is 23.8 Å². The molecule has 2 unspecified atom stereocenters. The summed E-state index contributed by atoms with van der Waals surface area (Å²) in [7, 11) is 0. The zero-order chi connectivity index (χ0) is 9.14. The van der Waals surface area contributed by atoms with Crippen molar-refractivity contribution in [3.63, 3.8) is 0 Å². The van der Waals surface area contributed by atoms with Gasteiger partial charge >= 0.3 is 0 Å². The van der Waals surface area contributed by atoms with Crippen molar-refractivity contribution in [2.45, 2.75) is 31.1 Å². The Morgan fingerprint density at radius 2 is 2.50 bits per heavy atom. The summed E-state index contributed by atoms with van der Waals surface area (Å²) in [6.45, 7) is 2.71. The molecule has 1 heterocycles. The summed E-state index contributed by atoms with van der Waals surface area (Å²) in [5.74, 6) is 0.121. The van der Waals surface area contributed by atoms with E-state index in [9.17, 15) is 4.79 Å². The van der Waals surface area contributed by atoms with Crippen LogP contribution in [0.4, 0.5) is 0 Å². The summed E-state index contributed by atoms with van der Waals surface area (Å²) in [6, 6.07) is -0.00495. The molecule has 2 atom stereocenters. The summed E-state index contributed by atoms with van der Waals surface area (Å²) in [6.07, 6.45) is 1.32. The van der Waals surface area contributed by atoms with E-state index in [4.69, 9.17) is 5.11 Å². The summed E-state index contributed by atoms with van der Waals surface area (Å²) >= 11 is 4.24. The number of rotatable bonds is 3. The lowest BCUT2D eigenvalue weighted by Crippen LogP contribution is -2.38. The largest absolute Gasteiger partial charge is 0.394 e. The normalized spacial score (nSPS) is 26.4. The van der Waals surface area contributed by atoms with Crippen LogP contribution in [0.2, 0.25) is 0 Å². The van der Waals surface area contributed by atoms with Crippen molar-refractivity contribution in [3.05, 3.63) is 0 Å². The van der Waals surface area contributed by atoms with Crippen molar-refractivity contribution in [2.75, 3.05) is 13.2 Å². The minimum absolute atomic E-state index is 0.00495. The Balaban J connectivity index is 2.56. The van der Waals surface area contributed by atoms with E-state index >= 15 is 0 Å². The molecule has 1 fully saturated rings. The Morgan fingerprint density at radius 1 is 1.83 bits per heavy atom. The number of hydrogen-bond donors (Lipinski definition) is 2. The third-order valence-electron chi connectivity index (χ3n) is 2.26. The van der Waals surface area contributed by atoms with Gasteiger partial charge in [-0.1, -0.05) is 6.92 Å². The molecule has 0 aliphatic carbocycles. The zero-order valence-corrected chi connectivity index (χ0v) is 8.13. The Hall–Kier alpha value is -0.220. The van der Waals surface area contributed by atoms with Crippen LogP contribution >= 0.6 is 12.6 Å². The van der Waals surface area contributed by atoms with Crippen molar-refractivity contribution >= 4 is 18.5 Å². The van der Waals surface area contributed by atoms with E-state index < -0.39 is 0 Å². The summed E-state index contributed by atoms with van der Waals surface area (Å²) in [5, 5.41) is 9.12. The number of likely N-dealkylation sites (tertiary alicyclic amines) is 1. The number of nitrogens with zero attached hydrogens (tertiary/aromatic N) is 1. The maximum absolute atomic E-state index is 11.3. The predicted molar refractivity (Wildman–Crippen MR) is 50.3 cm³/mol. The van der Waals surface area contributed by atoms with Crippen molar-refractivity contribution in [1.29, 1.82) is 0 Å². The van der Waals surface area contributed by atoms with Gasteiger partial charge in [-0.2, -0.15) is 12.6 Å². The molecular weight excluding hydrogens is 174 g/mol. The van der Waals surface area contributed by atoms with Crippen molar-refractivity contribution < 1.29 is 9.90 Å². The first-order valence-corrected chi connectivity index (χ1v) is 4.79. The standard InChI is InChI=1S/C8H15NO2S/c1-2-6(5-10)9-4-7(12)3-8(9)11/h6-7,10,12H,2-5H2,1H3. The number of carbonyl (C=O) groups is 1. The minimum Gasteiger partial charge on any atom is -0.394 e. The van der Waals surface area contributed by atoms with E-state index in [0.29, 0.717) is 13.0 Å². The number of hydrogen-bond acceptors (Lipinski definition) is 3. The molecule has 0 radical (unpaired) electrons. The Kier molecular flexibility index (Phi) is 3.40. The molecule has 0 aromatic carbocycles. The van der Waals surface area contributed by atoms with Gasteiger partial charge in [0.05, 0.1) is 12.6 Å². The van der Waals surface area contributed by atoms with Crippen LogP contribution in [-0.4, -0.2) is 40.4 Å². The molecule has 1 aliphatic heterocycles. The molecule has 3 nitrogen and oxygen atoms in total. The molecule has 0 bridgehead atoms. The van der Waals surface area contributed by atoms with E-state index in [1.54, 1.807) is 4.90 Å². The number of aliphatic hydroxyl groups excluding tert-OH is 1. The molecule has 0 aromatic heterocycles. The molecule has 1 N–H and O–H groups in total. The monoisotopic (exact) mass is 189 g/mol. The second kappa shape index (κ2) is 4.14. The molecule has 12 heavy (non-hydrogen) atoms. The fraction of sp³-hybridized carbons (Fsp3) is 0.875. The molecule has 4 heteroatoms. The van der Waals surface area contributed by atoms with Crippen LogP contribution in [0.3, 0.4) is 0 Å². The van der Waals surface area contributed by atoms with Crippen LogP contribution in [0.1, 0.15) is 19.8 Å². The van der Waals surface area contributed by atoms with Crippen LogP contribution in [0.25, 0.3) is 0 Å². The van der Waals surface area contributed by atoms with Gasteiger partial charge in [-0.05, 0) is 6.42 Å². The van der Waals surface area contributed by atoms with Crippen LogP contribution in [0.15, 0.2) is 0 Å². The molecule has 1 rings (SSSR count). The number of amides is 1. The third-order valence-corrected chi connectivity index (χ3v) is 2.61. The highest BCUT2D eigenvalue weighted by Gasteiger charge is 2.31. The molecule has 1 amide bonds. The second-order valence-electron chi connectivity index (χ2n) is 3.15. The van der Waals surface area contributed by atoms with Crippen molar-refractivity contribution in [1.82, 2.24) is 4.90 Å². The zero-order valence-electron chi connectivity index (χ0n) is 7.23. The first kappa shape index (κ1) is 9.86. The minimum atomic E-state index is -0.00495. The van der Waals surface area contributed by atoms with Crippen molar-refractivity contribution in [2.24, 2.45) is 0 Å². The van der Waals surface area contributed by atoms with Gasteiger partial charge in [0.15, 0.2) is 0 Å². The van der Waals surface area contributed by atoms with E-state index in [2.05, 4.69) is 12.6 Å². The molecule has 70 valence electrons. The lowest BCUT2D eigenvalue weighted by atomic mass is 10.2. The van der Waals surface area contributed by atoms with Gasteiger partial charge in [-0.15, -0.1) is 0 Å². The van der Waals surface area contributed by atoms with E-state index in [1.165, 1.54) is 0 Å². The average Bonchev–Trinajstić information content (AvgIpc) is 2.34. The lowest BCUT2D eigenvalue weighted by Gasteiger charge is -2.24. The van der Waals surface area contributed by atoms with Gasteiger partial charge in [0, 0.05) is 18.2 Å². The summed E-state index contributed by atoms with van der Waals surface area (Å²) < 4.78 is 0. The van der Waals surface area contributed by atoms with Crippen LogP contribution < -0.4 is 0 Å². The Bertz CT molecular complexity index is 170. The highest BCUT2D eigenvalue weighted by Crippen LogP contribution is 2.19. The molecule has 0 spiro atoms. The average molecular weight is 189 g/mol. The van der Waals surface area contributed by atoms with E-state index in [1.807, 2.05) is 6.92 Å². The summed E-state index contributed by atoms with van der Waals surface area (Å²) in [4.78, 5) is 13.0. The molecule has 1 saturated heterocycles. The number of thiol groups is 1. The van der Waals surface area contributed by atoms with Crippen molar-refractivity contribution in [3.8, 4) is 0 Å². The highest BCUT2D eigenvalue weighted by molar-refractivity contribution is 7.81. The second-order valence-corrected chi connectivity index (χ2v) is 3.88. The van der Waals surface area contributed by atoms with Gasteiger partial charge in [-0.25, -0.2) is 0 Å². The fourth-order valence-electron chi connectivity index (χ4n) is 1.51. The molecular formula is C8H15NO2S. The van der Waals surface area contributed by atoms with Gasteiger partial charge in [0.1, 0.15) is 0 Å². The molecule has 0 aromatic rings. The van der Waals surface area contributed by atoms with Gasteiger partial charge in [-0.3, -0.25) is 4.79 Å². The number of carbonyl (C=O) groups excluding carboxylic acids is 1.